The molecule has 12 heteroatoms. The first-order chi connectivity index (χ1) is 19.9. The number of rotatable bonds is 7. The molecule has 9 nitrogen and oxygen atoms in total. The van der Waals surface area contributed by atoms with Gasteiger partial charge in [-0.25, -0.2) is 9.78 Å². The third kappa shape index (κ3) is 7.75. The molecule has 0 spiro atoms. The Morgan fingerprint density at radius 2 is 1.81 bits per heavy atom. The minimum atomic E-state index is -4.45. The second-order valence-corrected chi connectivity index (χ2v) is 11.3. The van der Waals surface area contributed by atoms with Crippen LogP contribution < -0.4 is 4.74 Å². The maximum absolute atomic E-state index is 12.7. The molecule has 42 heavy (non-hydrogen) atoms. The van der Waals surface area contributed by atoms with E-state index in [1.807, 2.05) is 39.0 Å². The van der Waals surface area contributed by atoms with Crippen LogP contribution in [0.15, 0.2) is 55.0 Å². The van der Waals surface area contributed by atoms with E-state index in [0.29, 0.717) is 30.6 Å². The van der Waals surface area contributed by atoms with Crippen molar-refractivity contribution in [3.8, 4) is 16.9 Å². The molecule has 1 aliphatic rings. The lowest BCUT2D eigenvalue weighted by Crippen LogP contribution is -2.49. The van der Waals surface area contributed by atoms with Gasteiger partial charge in [0.1, 0.15) is 17.2 Å². The number of carbonyl (C=O) groups is 1. The van der Waals surface area contributed by atoms with Gasteiger partial charge in [-0.05, 0) is 62.2 Å². The van der Waals surface area contributed by atoms with E-state index in [1.165, 1.54) is 12.4 Å². The number of hydrogen-bond acceptors (Lipinski definition) is 7. The fourth-order valence-electron chi connectivity index (χ4n) is 4.77. The number of aromatic amines is 1. The summed E-state index contributed by atoms with van der Waals surface area (Å²) in [5, 5.41) is 0. The third-order valence-corrected chi connectivity index (χ3v) is 6.68. The minimum absolute atomic E-state index is 0.0567. The third-order valence-electron chi connectivity index (χ3n) is 6.68. The van der Waals surface area contributed by atoms with Crippen molar-refractivity contribution >= 4 is 17.1 Å². The minimum Gasteiger partial charge on any atom is -0.482 e. The van der Waals surface area contributed by atoms with Crippen molar-refractivity contribution in [2.45, 2.75) is 45.5 Å². The van der Waals surface area contributed by atoms with Crippen molar-refractivity contribution in [3.63, 3.8) is 0 Å². The second kappa shape index (κ2) is 12.0. The van der Waals surface area contributed by atoms with Crippen LogP contribution in [-0.4, -0.2) is 80.4 Å². The van der Waals surface area contributed by atoms with Gasteiger partial charge in [0.25, 0.3) is 0 Å². The molecule has 0 radical (unpaired) electrons. The summed E-state index contributed by atoms with van der Waals surface area (Å²) in [5.74, 6) is 0.780. The number of alkyl halides is 3. The van der Waals surface area contributed by atoms with E-state index in [-0.39, 0.29) is 11.8 Å². The Labute approximate surface area is 241 Å². The van der Waals surface area contributed by atoms with Crippen LogP contribution in [0.1, 0.15) is 37.9 Å². The summed E-state index contributed by atoms with van der Waals surface area (Å²) in [6.07, 6.45) is 0.342. The number of fused-ring (bicyclic) bond motifs is 1. The van der Waals surface area contributed by atoms with Gasteiger partial charge in [-0.15, -0.1) is 0 Å². The first kappa shape index (κ1) is 29.3. The highest BCUT2D eigenvalue weighted by molar-refractivity contribution is 5.83. The number of hydrogen-bond donors (Lipinski definition) is 1. The van der Waals surface area contributed by atoms with Crippen LogP contribution in [-0.2, 0) is 17.7 Å². The number of halogens is 3. The first-order valence-electron chi connectivity index (χ1n) is 13.7. The molecule has 4 heterocycles. The number of amides is 1. The van der Waals surface area contributed by atoms with Gasteiger partial charge in [-0.1, -0.05) is 6.07 Å². The van der Waals surface area contributed by atoms with Crippen LogP contribution in [0.25, 0.3) is 22.2 Å². The molecular weight excluding hydrogens is 549 g/mol. The van der Waals surface area contributed by atoms with Crippen molar-refractivity contribution in [1.29, 1.82) is 0 Å². The molecule has 1 saturated heterocycles. The fraction of sp³-hybridized carbons (Fsp3) is 0.400. The van der Waals surface area contributed by atoms with E-state index in [0.717, 1.165) is 47.7 Å². The van der Waals surface area contributed by atoms with E-state index in [1.54, 1.807) is 23.2 Å². The van der Waals surface area contributed by atoms with Crippen LogP contribution >= 0.6 is 0 Å². The van der Waals surface area contributed by atoms with Crippen molar-refractivity contribution in [2.24, 2.45) is 0 Å². The van der Waals surface area contributed by atoms with Crippen LogP contribution in [0, 0.1) is 0 Å². The molecule has 3 aromatic heterocycles. The standard InChI is InChI=1S/C30H33F3N6O3/c1-29(2,3)42-28(40)39-12-10-38(11-13-39)18-20-6-9-35-22(14-20)16-27-36-24-5-4-21(15-25(24)37-27)23-7-8-34-17-26(23)41-19-30(31,32)33/h4-9,14-15,17H,10-13,16,18-19H2,1-3H3,(H,36,37). The average molecular weight is 583 g/mol. The molecule has 0 atom stereocenters. The number of pyridine rings is 2. The van der Waals surface area contributed by atoms with Gasteiger partial charge in [0.05, 0.1) is 17.2 Å². The summed E-state index contributed by atoms with van der Waals surface area (Å²) < 4.78 is 48.6. The van der Waals surface area contributed by atoms with Crippen LogP contribution in [0.2, 0.25) is 0 Å². The molecule has 0 unspecified atom stereocenters. The topological polar surface area (TPSA) is 96.5 Å². The molecule has 5 rings (SSSR count). The van der Waals surface area contributed by atoms with E-state index >= 15 is 0 Å². The van der Waals surface area contributed by atoms with E-state index in [4.69, 9.17) is 9.47 Å². The van der Waals surface area contributed by atoms with Crippen molar-refractivity contribution in [3.05, 3.63) is 72.1 Å². The lowest BCUT2D eigenvalue weighted by Gasteiger charge is -2.35. The Hall–Kier alpha value is -4.19. The lowest BCUT2D eigenvalue weighted by atomic mass is 10.1. The maximum Gasteiger partial charge on any atom is 0.422 e. The summed E-state index contributed by atoms with van der Waals surface area (Å²) in [7, 11) is 0. The van der Waals surface area contributed by atoms with E-state index in [2.05, 4.69) is 30.9 Å². The summed E-state index contributed by atoms with van der Waals surface area (Å²) in [4.78, 5) is 32.8. The van der Waals surface area contributed by atoms with Gasteiger partial charge in [-0.2, -0.15) is 13.2 Å². The molecule has 1 amide bonds. The monoisotopic (exact) mass is 582 g/mol. The Morgan fingerprint density at radius 3 is 2.55 bits per heavy atom. The van der Waals surface area contributed by atoms with Crippen LogP contribution in [0.3, 0.4) is 0 Å². The number of H-pyrrole nitrogens is 1. The highest BCUT2D eigenvalue weighted by Gasteiger charge is 2.29. The Kier molecular flexibility index (Phi) is 8.35. The second-order valence-electron chi connectivity index (χ2n) is 11.3. The number of carbonyl (C=O) groups excluding carboxylic acids is 1. The molecule has 4 aromatic rings. The van der Waals surface area contributed by atoms with Gasteiger partial charge < -0.3 is 19.4 Å². The molecular formula is C30H33F3N6O3. The quantitative estimate of drug-likeness (QED) is 0.303. The van der Waals surface area contributed by atoms with Gasteiger partial charge in [0, 0.05) is 62.8 Å². The molecule has 1 aromatic carbocycles. The Morgan fingerprint density at radius 1 is 1.02 bits per heavy atom. The fourth-order valence-corrected chi connectivity index (χ4v) is 4.77. The summed E-state index contributed by atoms with van der Waals surface area (Å²) in [5.41, 5.74) is 4.14. The number of nitrogens with one attached hydrogen (secondary N) is 1. The highest BCUT2D eigenvalue weighted by atomic mass is 19.4. The van der Waals surface area contributed by atoms with Gasteiger partial charge >= 0.3 is 12.3 Å². The number of benzene rings is 1. The van der Waals surface area contributed by atoms with E-state index in [9.17, 15) is 18.0 Å². The maximum atomic E-state index is 12.7. The van der Waals surface area contributed by atoms with Crippen molar-refractivity contribution < 1.29 is 27.4 Å². The SMILES string of the molecule is CC(C)(C)OC(=O)N1CCN(Cc2ccnc(Cc3nc4ccc(-c5ccncc5OCC(F)(F)F)cc4[nH]3)c2)CC1. The number of ether oxygens (including phenoxy) is 2. The number of imidazole rings is 1. The largest absolute Gasteiger partial charge is 0.482 e. The predicted octanol–water partition coefficient (Wildman–Crippen LogP) is 5.60. The molecule has 1 fully saturated rings. The summed E-state index contributed by atoms with van der Waals surface area (Å²) in [6, 6.07) is 11.1. The first-order valence-corrected chi connectivity index (χ1v) is 13.7. The average Bonchev–Trinajstić information content (AvgIpc) is 3.33. The molecule has 0 bridgehead atoms. The number of piperazine rings is 1. The molecule has 222 valence electrons. The smallest absolute Gasteiger partial charge is 0.422 e. The van der Waals surface area contributed by atoms with Crippen LogP contribution in [0.4, 0.5) is 18.0 Å². The van der Waals surface area contributed by atoms with Gasteiger partial charge in [0.15, 0.2) is 6.61 Å². The predicted molar refractivity (Wildman–Crippen MR) is 151 cm³/mol. The van der Waals surface area contributed by atoms with Gasteiger partial charge in [-0.3, -0.25) is 14.9 Å². The van der Waals surface area contributed by atoms with Crippen LogP contribution in [0.5, 0.6) is 5.75 Å². The zero-order valence-corrected chi connectivity index (χ0v) is 23.7. The summed E-state index contributed by atoms with van der Waals surface area (Å²) >= 11 is 0. The number of aromatic nitrogens is 4. The molecule has 1 N–H and O–H groups in total. The number of nitrogens with zero attached hydrogens (tertiary/aromatic N) is 5. The Balaban J connectivity index is 1.23. The lowest BCUT2D eigenvalue weighted by molar-refractivity contribution is -0.153. The molecule has 0 saturated carbocycles. The molecule has 1 aliphatic heterocycles. The highest BCUT2D eigenvalue weighted by Crippen LogP contribution is 2.32. The van der Waals surface area contributed by atoms with Crippen molar-refractivity contribution in [2.75, 3.05) is 32.8 Å². The normalized spacial score (nSPS) is 14.8. The van der Waals surface area contributed by atoms with Gasteiger partial charge in [0.2, 0.25) is 0 Å². The zero-order chi connectivity index (χ0) is 29.9. The molecule has 0 aliphatic carbocycles. The van der Waals surface area contributed by atoms with E-state index < -0.39 is 18.4 Å². The zero-order valence-electron chi connectivity index (χ0n) is 23.7. The summed E-state index contributed by atoms with van der Waals surface area (Å²) in [6.45, 7) is 7.68. The Bertz CT molecular complexity index is 1540. The van der Waals surface area contributed by atoms with Crippen molar-refractivity contribution in [1.82, 2.24) is 29.7 Å².